The monoisotopic (exact) mass is 413 g/mol. The van der Waals surface area contributed by atoms with Crippen molar-refractivity contribution in [1.82, 2.24) is 5.32 Å². The molecule has 1 aliphatic rings. The molecule has 0 saturated heterocycles. The Labute approximate surface area is 176 Å². The number of amides is 1. The number of hydrogen-bond donors (Lipinski definition) is 1. The largest absolute Gasteiger partial charge is 0.493 e. The first-order valence-electron chi connectivity index (χ1n) is 10.0. The molecule has 7 heteroatoms. The highest BCUT2D eigenvalue weighted by molar-refractivity contribution is 6.01. The van der Waals surface area contributed by atoms with Gasteiger partial charge in [-0.15, -0.1) is 0 Å². The lowest BCUT2D eigenvalue weighted by Crippen LogP contribution is -2.13. The third kappa shape index (κ3) is 4.50. The third-order valence-corrected chi connectivity index (χ3v) is 4.96. The Balaban J connectivity index is 1.88. The van der Waals surface area contributed by atoms with Crippen molar-refractivity contribution < 1.29 is 28.5 Å². The fourth-order valence-electron chi connectivity index (χ4n) is 3.45. The molecule has 0 fully saturated rings. The smallest absolute Gasteiger partial charge is 0.305 e. The van der Waals surface area contributed by atoms with Crippen LogP contribution in [0.4, 0.5) is 0 Å². The normalized spacial score (nSPS) is 12.2. The molecule has 2 aromatic carbocycles. The number of benzene rings is 2. The minimum absolute atomic E-state index is 0.0891. The van der Waals surface area contributed by atoms with Crippen molar-refractivity contribution in [2.24, 2.45) is 0 Å². The lowest BCUT2D eigenvalue weighted by molar-refractivity contribution is -0.144. The predicted molar refractivity (Wildman–Crippen MR) is 112 cm³/mol. The maximum atomic E-state index is 12.1. The second-order valence-electron chi connectivity index (χ2n) is 6.86. The first kappa shape index (κ1) is 21.5. The number of carbonyl (C=O) groups is 2. The van der Waals surface area contributed by atoms with Crippen molar-refractivity contribution in [3.05, 3.63) is 41.5 Å². The van der Waals surface area contributed by atoms with E-state index in [1.165, 1.54) is 0 Å². The van der Waals surface area contributed by atoms with Crippen LogP contribution in [0, 0.1) is 0 Å². The Bertz CT molecular complexity index is 924. The van der Waals surface area contributed by atoms with Crippen molar-refractivity contribution >= 4 is 11.9 Å². The molecule has 0 radical (unpaired) electrons. The number of esters is 1. The zero-order valence-electron chi connectivity index (χ0n) is 17.6. The molecule has 160 valence electrons. The molecule has 1 heterocycles. The predicted octanol–water partition coefficient (Wildman–Crippen LogP) is 3.73. The summed E-state index contributed by atoms with van der Waals surface area (Å²) in [5.74, 6) is 1.13. The first-order chi connectivity index (χ1) is 14.6. The van der Waals surface area contributed by atoms with Gasteiger partial charge in [-0.3, -0.25) is 9.59 Å². The van der Waals surface area contributed by atoms with Gasteiger partial charge in [0.1, 0.15) is 13.2 Å². The van der Waals surface area contributed by atoms with E-state index in [1.807, 2.05) is 25.1 Å². The van der Waals surface area contributed by atoms with Crippen LogP contribution in [0.5, 0.6) is 17.2 Å². The second kappa shape index (κ2) is 10.0. The standard InChI is InChI=1S/C23H27NO6/c1-4-5-9-20(25)29-12-13-30-21-16(10-11-19(27-2)22(21)28-3)15-7-6-8-17-18(15)14-24-23(17)26/h6-8,10-11H,4-5,9,12-14H2,1-3H3,(H,24,26). The van der Waals surface area contributed by atoms with Gasteiger partial charge in [0.25, 0.3) is 5.91 Å². The van der Waals surface area contributed by atoms with E-state index in [0.717, 1.165) is 29.5 Å². The highest BCUT2D eigenvalue weighted by Gasteiger charge is 2.25. The van der Waals surface area contributed by atoms with E-state index in [4.69, 9.17) is 18.9 Å². The molecule has 0 aliphatic carbocycles. The first-order valence-corrected chi connectivity index (χ1v) is 10.0. The molecule has 30 heavy (non-hydrogen) atoms. The second-order valence-corrected chi connectivity index (χ2v) is 6.86. The van der Waals surface area contributed by atoms with Crippen LogP contribution in [0.15, 0.2) is 30.3 Å². The van der Waals surface area contributed by atoms with E-state index in [-0.39, 0.29) is 25.1 Å². The number of carbonyl (C=O) groups excluding carboxylic acids is 2. The van der Waals surface area contributed by atoms with Crippen molar-refractivity contribution in [1.29, 1.82) is 0 Å². The van der Waals surface area contributed by atoms with E-state index < -0.39 is 0 Å². The van der Waals surface area contributed by atoms with Crippen LogP contribution in [0.25, 0.3) is 11.1 Å². The summed E-state index contributed by atoms with van der Waals surface area (Å²) in [6, 6.07) is 9.27. The zero-order valence-corrected chi connectivity index (χ0v) is 17.6. The van der Waals surface area contributed by atoms with Gasteiger partial charge in [-0.1, -0.05) is 25.5 Å². The third-order valence-electron chi connectivity index (χ3n) is 4.96. The number of ether oxygens (including phenoxy) is 4. The van der Waals surface area contributed by atoms with Crippen molar-refractivity contribution in [3.63, 3.8) is 0 Å². The molecule has 1 aliphatic heterocycles. The Morgan fingerprint density at radius 3 is 2.53 bits per heavy atom. The number of unbranched alkanes of at least 4 members (excludes halogenated alkanes) is 1. The maximum Gasteiger partial charge on any atom is 0.305 e. The fraction of sp³-hybridized carbons (Fsp3) is 0.391. The molecular formula is C23H27NO6. The highest BCUT2D eigenvalue weighted by atomic mass is 16.6. The molecule has 0 unspecified atom stereocenters. The molecule has 1 N–H and O–H groups in total. The van der Waals surface area contributed by atoms with Crippen LogP contribution in [-0.2, 0) is 16.1 Å². The van der Waals surface area contributed by atoms with Gasteiger partial charge < -0.3 is 24.3 Å². The summed E-state index contributed by atoms with van der Waals surface area (Å²) < 4.78 is 22.2. The van der Waals surface area contributed by atoms with Crippen LogP contribution in [0.3, 0.4) is 0 Å². The quantitative estimate of drug-likeness (QED) is 0.472. The molecule has 0 saturated carbocycles. The highest BCUT2D eigenvalue weighted by Crippen LogP contribution is 2.46. The number of methoxy groups -OCH3 is 2. The molecule has 7 nitrogen and oxygen atoms in total. The zero-order chi connectivity index (χ0) is 21.5. The summed E-state index contributed by atoms with van der Waals surface area (Å²) in [6.07, 6.45) is 2.15. The van der Waals surface area contributed by atoms with Gasteiger partial charge in [0.15, 0.2) is 11.5 Å². The van der Waals surface area contributed by atoms with Crippen LogP contribution >= 0.6 is 0 Å². The Morgan fingerprint density at radius 1 is 1.00 bits per heavy atom. The van der Waals surface area contributed by atoms with Crippen LogP contribution < -0.4 is 19.5 Å². The van der Waals surface area contributed by atoms with E-state index in [1.54, 1.807) is 26.4 Å². The summed E-state index contributed by atoms with van der Waals surface area (Å²) in [5.41, 5.74) is 3.21. The molecule has 2 aromatic rings. The Morgan fingerprint density at radius 2 is 1.80 bits per heavy atom. The molecule has 3 rings (SSSR count). The molecule has 1 amide bonds. The summed E-state index contributed by atoms with van der Waals surface area (Å²) >= 11 is 0. The number of rotatable bonds is 10. The molecular weight excluding hydrogens is 386 g/mol. The molecule has 0 atom stereocenters. The molecule has 0 spiro atoms. The summed E-state index contributed by atoms with van der Waals surface area (Å²) in [7, 11) is 3.10. The topological polar surface area (TPSA) is 83.1 Å². The van der Waals surface area contributed by atoms with Crippen molar-refractivity contribution in [2.75, 3.05) is 27.4 Å². The molecule has 0 bridgehead atoms. The minimum atomic E-state index is -0.233. The summed E-state index contributed by atoms with van der Waals surface area (Å²) in [6.45, 7) is 2.78. The molecule has 0 aromatic heterocycles. The van der Waals surface area contributed by atoms with Gasteiger partial charge in [0.05, 0.1) is 14.2 Å². The number of fused-ring (bicyclic) bond motifs is 1. The van der Waals surface area contributed by atoms with Gasteiger partial charge in [-0.05, 0) is 35.7 Å². The van der Waals surface area contributed by atoms with E-state index >= 15 is 0 Å². The maximum absolute atomic E-state index is 12.1. The SMILES string of the molecule is CCCCC(=O)OCCOc1c(-c2cccc3c2CNC3=O)ccc(OC)c1OC. The van der Waals surface area contributed by atoms with Gasteiger partial charge in [0, 0.05) is 24.1 Å². The van der Waals surface area contributed by atoms with E-state index in [0.29, 0.717) is 35.8 Å². The van der Waals surface area contributed by atoms with Gasteiger partial charge in [-0.2, -0.15) is 0 Å². The number of nitrogens with one attached hydrogen (secondary N) is 1. The lowest BCUT2D eigenvalue weighted by atomic mass is 9.95. The van der Waals surface area contributed by atoms with Gasteiger partial charge in [0.2, 0.25) is 5.75 Å². The number of hydrogen-bond acceptors (Lipinski definition) is 6. The van der Waals surface area contributed by atoms with Crippen molar-refractivity contribution in [3.8, 4) is 28.4 Å². The summed E-state index contributed by atoms with van der Waals surface area (Å²) in [4.78, 5) is 23.8. The lowest BCUT2D eigenvalue weighted by Gasteiger charge is -2.19. The fourth-order valence-corrected chi connectivity index (χ4v) is 3.45. The van der Waals surface area contributed by atoms with Crippen LogP contribution in [0.1, 0.15) is 42.1 Å². The average molecular weight is 413 g/mol. The summed E-state index contributed by atoms with van der Waals surface area (Å²) in [5, 5.41) is 2.85. The van der Waals surface area contributed by atoms with E-state index in [2.05, 4.69) is 5.32 Å². The Hall–Kier alpha value is -3.22. The minimum Gasteiger partial charge on any atom is -0.493 e. The van der Waals surface area contributed by atoms with E-state index in [9.17, 15) is 9.59 Å². The van der Waals surface area contributed by atoms with Crippen LogP contribution in [-0.4, -0.2) is 39.3 Å². The van der Waals surface area contributed by atoms with Gasteiger partial charge >= 0.3 is 5.97 Å². The van der Waals surface area contributed by atoms with Crippen molar-refractivity contribution in [2.45, 2.75) is 32.7 Å². The van der Waals surface area contributed by atoms with Gasteiger partial charge in [-0.25, -0.2) is 0 Å². The average Bonchev–Trinajstić information content (AvgIpc) is 3.15. The Kier molecular flexibility index (Phi) is 7.17. The van der Waals surface area contributed by atoms with Crippen LogP contribution in [0.2, 0.25) is 0 Å².